The number of amides is 1. The van der Waals surface area contributed by atoms with Crippen LogP contribution in [0.3, 0.4) is 0 Å². The Labute approximate surface area is 155 Å². The van der Waals surface area contributed by atoms with E-state index in [1.807, 2.05) is 56.3 Å². The van der Waals surface area contributed by atoms with Crippen LogP contribution in [0.15, 0.2) is 54.6 Å². The minimum Gasteiger partial charge on any atom is -0.494 e. The van der Waals surface area contributed by atoms with Crippen molar-refractivity contribution in [1.82, 2.24) is 4.90 Å². The Morgan fingerprint density at radius 2 is 1.88 bits per heavy atom. The van der Waals surface area contributed by atoms with Gasteiger partial charge in [-0.15, -0.1) is 0 Å². The van der Waals surface area contributed by atoms with Gasteiger partial charge in [-0.1, -0.05) is 30.3 Å². The molecule has 1 heterocycles. The van der Waals surface area contributed by atoms with Crippen LogP contribution < -0.4 is 15.8 Å². The fourth-order valence-corrected chi connectivity index (χ4v) is 3.44. The van der Waals surface area contributed by atoms with E-state index in [0.29, 0.717) is 6.61 Å². The van der Waals surface area contributed by atoms with Gasteiger partial charge in [0.2, 0.25) is 5.91 Å². The summed E-state index contributed by atoms with van der Waals surface area (Å²) in [5, 5.41) is 2.98. The van der Waals surface area contributed by atoms with Crippen molar-refractivity contribution in [3.05, 3.63) is 60.2 Å². The third-order valence-corrected chi connectivity index (χ3v) is 4.98. The van der Waals surface area contributed by atoms with Crippen LogP contribution in [0.25, 0.3) is 0 Å². The summed E-state index contributed by atoms with van der Waals surface area (Å²) >= 11 is 0. The van der Waals surface area contributed by atoms with Crippen LogP contribution in [0.1, 0.15) is 25.3 Å². The number of hydrogen-bond acceptors (Lipinski definition) is 4. The molecule has 2 aromatic rings. The molecular weight excluding hydrogens is 326 g/mol. The number of carbonyl (C=O) groups is 1. The van der Waals surface area contributed by atoms with E-state index in [4.69, 9.17) is 10.5 Å². The van der Waals surface area contributed by atoms with E-state index in [0.717, 1.165) is 24.5 Å². The van der Waals surface area contributed by atoms with Gasteiger partial charge in [-0.05, 0) is 43.7 Å². The Hall–Kier alpha value is -2.37. The SMILES string of the molecule is CCOc1ccc(NC(=O)C(C)N2C[C@@H](N)[C@H](c3ccccc3)C2)cc1. The van der Waals surface area contributed by atoms with Crippen molar-refractivity contribution < 1.29 is 9.53 Å². The maximum Gasteiger partial charge on any atom is 0.241 e. The van der Waals surface area contributed by atoms with Crippen molar-refractivity contribution in [1.29, 1.82) is 0 Å². The molecular formula is C21H27N3O2. The largest absolute Gasteiger partial charge is 0.494 e. The molecule has 0 saturated carbocycles. The van der Waals surface area contributed by atoms with Gasteiger partial charge in [-0.25, -0.2) is 0 Å². The molecule has 3 atom stereocenters. The maximum atomic E-state index is 12.6. The monoisotopic (exact) mass is 353 g/mol. The number of likely N-dealkylation sites (tertiary alicyclic amines) is 1. The van der Waals surface area contributed by atoms with Crippen molar-refractivity contribution in [2.75, 3.05) is 25.0 Å². The van der Waals surface area contributed by atoms with Crippen molar-refractivity contribution in [3.8, 4) is 5.75 Å². The highest BCUT2D eigenvalue weighted by molar-refractivity contribution is 5.94. The molecule has 0 bridgehead atoms. The predicted molar refractivity (Wildman–Crippen MR) is 104 cm³/mol. The van der Waals surface area contributed by atoms with Crippen LogP contribution in [-0.4, -0.2) is 42.6 Å². The summed E-state index contributed by atoms with van der Waals surface area (Å²) in [7, 11) is 0. The fraction of sp³-hybridized carbons (Fsp3) is 0.381. The summed E-state index contributed by atoms with van der Waals surface area (Å²) in [5.74, 6) is 1.04. The summed E-state index contributed by atoms with van der Waals surface area (Å²) in [6, 6.07) is 17.5. The third kappa shape index (κ3) is 4.23. The van der Waals surface area contributed by atoms with Crippen molar-refractivity contribution in [2.24, 2.45) is 5.73 Å². The van der Waals surface area contributed by atoms with E-state index in [1.54, 1.807) is 0 Å². The molecule has 1 unspecified atom stereocenters. The lowest BCUT2D eigenvalue weighted by Crippen LogP contribution is -2.41. The number of carbonyl (C=O) groups excluding carboxylic acids is 1. The number of benzene rings is 2. The molecule has 1 aliphatic rings. The first-order valence-corrected chi connectivity index (χ1v) is 9.16. The summed E-state index contributed by atoms with van der Waals surface area (Å²) in [6.45, 7) is 6.02. The molecule has 0 aliphatic carbocycles. The van der Waals surface area contributed by atoms with Gasteiger partial charge in [0.25, 0.3) is 0 Å². The van der Waals surface area contributed by atoms with E-state index in [2.05, 4.69) is 22.3 Å². The van der Waals surface area contributed by atoms with Gasteiger partial charge in [-0.2, -0.15) is 0 Å². The zero-order valence-corrected chi connectivity index (χ0v) is 15.4. The zero-order valence-electron chi connectivity index (χ0n) is 15.4. The number of nitrogens with zero attached hydrogens (tertiary/aromatic N) is 1. The fourth-order valence-electron chi connectivity index (χ4n) is 3.44. The summed E-state index contributed by atoms with van der Waals surface area (Å²) in [4.78, 5) is 14.8. The van der Waals surface area contributed by atoms with E-state index in [-0.39, 0.29) is 23.9 Å². The van der Waals surface area contributed by atoms with Gasteiger partial charge in [0.1, 0.15) is 5.75 Å². The minimum absolute atomic E-state index is 0.0185. The predicted octanol–water partition coefficient (Wildman–Crippen LogP) is 2.84. The highest BCUT2D eigenvalue weighted by Gasteiger charge is 2.35. The standard InChI is InChI=1S/C21H27N3O2/c1-3-26-18-11-9-17(10-12-18)23-21(25)15(2)24-13-19(20(22)14-24)16-7-5-4-6-8-16/h4-12,15,19-20H,3,13-14,22H2,1-2H3,(H,23,25)/t15?,19-,20+/m0/s1. The van der Waals surface area contributed by atoms with Crippen molar-refractivity contribution >= 4 is 11.6 Å². The Bertz CT molecular complexity index is 718. The lowest BCUT2D eigenvalue weighted by atomic mass is 9.95. The first-order chi connectivity index (χ1) is 12.6. The van der Waals surface area contributed by atoms with Crippen LogP contribution in [0.2, 0.25) is 0 Å². The number of anilines is 1. The quantitative estimate of drug-likeness (QED) is 0.838. The van der Waals surface area contributed by atoms with Crippen LogP contribution in [0.4, 0.5) is 5.69 Å². The lowest BCUT2D eigenvalue weighted by molar-refractivity contribution is -0.120. The Balaban J connectivity index is 1.60. The lowest BCUT2D eigenvalue weighted by Gasteiger charge is -2.23. The zero-order chi connectivity index (χ0) is 18.5. The summed E-state index contributed by atoms with van der Waals surface area (Å²) < 4.78 is 5.43. The molecule has 0 spiro atoms. The Morgan fingerprint density at radius 1 is 1.19 bits per heavy atom. The van der Waals surface area contributed by atoms with Gasteiger partial charge in [0, 0.05) is 30.7 Å². The molecule has 1 amide bonds. The Kier molecular flexibility index (Phi) is 5.91. The molecule has 3 rings (SSSR count). The van der Waals surface area contributed by atoms with Crippen molar-refractivity contribution in [3.63, 3.8) is 0 Å². The average Bonchev–Trinajstić information content (AvgIpc) is 3.05. The maximum absolute atomic E-state index is 12.6. The molecule has 0 radical (unpaired) electrons. The van der Waals surface area contributed by atoms with Crippen LogP contribution in [0.5, 0.6) is 5.75 Å². The number of nitrogens with one attached hydrogen (secondary N) is 1. The van der Waals surface area contributed by atoms with E-state index in [1.165, 1.54) is 5.56 Å². The average molecular weight is 353 g/mol. The second-order valence-electron chi connectivity index (χ2n) is 6.76. The minimum atomic E-state index is -0.235. The van der Waals surface area contributed by atoms with E-state index >= 15 is 0 Å². The molecule has 5 nitrogen and oxygen atoms in total. The molecule has 138 valence electrons. The summed E-state index contributed by atoms with van der Waals surface area (Å²) in [6.07, 6.45) is 0. The van der Waals surface area contributed by atoms with E-state index < -0.39 is 0 Å². The Morgan fingerprint density at radius 3 is 2.54 bits per heavy atom. The second kappa shape index (κ2) is 8.34. The second-order valence-corrected chi connectivity index (χ2v) is 6.76. The molecule has 1 aliphatic heterocycles. The van der Waals surface area contributed by atoms with Gasteiger partial charge in [0.15, 0.2) is 0 Å². The van der Waals surface area contributed by atoms with Gasteiger partial charge >= 0.3 is 0 Å². The van der Waals surface area contributed by atoms with Crippen molar-refractivity contribution in [2.45, 2.75) is 31.8 Å². The number of rotatable bonds is 6. The molecule has 5 heteroatoms. The number of nitrogens with two attached hydrogens (primary N) is 1. The first-order valence-electron chi connectivity index (χ1n) is 9.16. The normalized spacial score (nSPS) is 21.3. The topological polar surface area (TPSA) is 67.6 Å². The van der Waals surface area contributed by atoms with Crippen LogP contribution in [-0.2, 0) is 4.79 Å². The highest BCUT2D eigenvalue weighted by atomic mass is 16.5. The van der Waals surface area contributed by atoms with Gasteiger partial charge in [0.05, 0.1) is 12.6 Å². The van der Waals surface area contributed by atoms with Crippen LogP contribution in [0, 0.1) is 0 Å². The van der Waals surface area contributed by atoms with E-state index in [9.17, 15) is 4.79 Å². The smallest absolute Gasteiger partial charge is 0.241 e. The summed E-state index contributed by atoms with van der Waals surface area (Å²) in [5.41, 5.74) is 8.36. The van der Waals surface area contributed by atoms with Gasteiger partial charge < -0.3 is 15.8 Å². The third-order valence-electron chi connectivity index (χ3n) is 4.98. The molecule has 26 heavy (non-hydrogen) atoms. The number of hydrogen-bond donors (Lipinski definition) is 2. The van der Waals surface area contributed by atoms with Gasteiger partial charge in [-0.3, -0.25) is 9.69 Å². The highest BCUT2D eigenvalue weighted by Crippen LogP contribution is 2.28. The first kappa shape index (κ1) is 18.4. The molecule has 1 fully saturated rings. The molecule has 3 N–H and O–H groups in total. The molecule has 1 saturated heterocycles. The molecule has 2 aromatic carbocycles. The number of ether oxygens (including phenoxy) is 1. The van der Waals surface area contributed by atoms with Crippen LogP contribution >= 0.6 is 0 Å². The molecule has 0 aromatic heterocycles.